The van der Waals surface area contributed by atoms with Crippen LogP contribution in [-0.4, -0.2) is 121 Å². The van der Waals surface area contributed by atoms with Gasteiger partial charge in [-0.25, -0.2) is 0 Å². The van der Waals surface area contributed by atoms with Gasteiger partial charge in [-0.1, -0.05) is 0 Å². The first-order valence-corrected chi connectivity index (χ1v) is 33.1. The number of rotatable bonds is 2. The molecule has 0 aliphatic carbocycles. The van der Waals surface area contributed by atoms with Crippen LogP contribution in [0.2, 0.25) is 4.89 Å². The van der Waals surface area contributed by atoms with Crippen LogP contribution in [0.1, 0.15) is 0 Å². The molecule has 33 heteroatoms. The Bertz CT molecular complexity index is 605. The third-order valence-corrected chi connectivity index (χ3v) is 1.42. The summed E-state index contributed by atoms with van der Waals surface area (Å²) < 4.78 is 225. The molecule has 0 aliphatic rings. The molecule has 20 nitrogen and oxygen atoms in total. The van der Waals surface area contributed by atoms with Gasteiger partial charge in [0, 0.05) is 0 Å². The summed E-state index contributed by atoms with van der Waals surface area (Å²) in [5.74, 6) is 0. The first kappa shape index (κ1) is 55.1. The van der Waals surface area contributed by atoms with Crippen molar-refractivity contribution in [2.24, 2.45) is 8.73 Å². The molecule has 36 heavy (non-hydrogen) atoms. The van der Waals surface area contributed by atoms with Crippen molar-refractivity contribution < 1.29 is 92.9 Å². The van der Waals surface area contributed by atoms with Crippen molar-refractivity contribution in [3.05, 3.63) is 12.7 Å². The Hall–Kier alpha value is 3.13. The first-order valence-electron chi connectivity index (χ1n) is 5.71. The molecule has 0 radical (unpaired) electrons. The molecule has 0 aromatic heterocycles. The Morgan fingerprint density at radius 2 is 0.583 bits per heavy atom. The Morgan fingerprint density at radius 1 is 0.500 bits per heavy atom. The van der Waals surface area contributed by atoms with Gasteiger partial charge in [0.1, 0.15) is 0 Å². The van der Waals surface area contributed by atoms with E-state index in [1.54, 1.807) is 6.08 Å². The zero-order valence-corrected chi connectivity index (χ0v) is 32.6. The van der Waals surface area contributed by atoms with Crippen LogP contribution in [0.15, 0.2) is 12.7 Å². The van der Waals surface area contributed by atoms with Crippen molar-refractivity contribution in [2.45, 2.75) is 4.89 Å². The van der Waals surface area contributed by atoms with Crippen LogP contribution in [-0.2, 0) is 35.4 Å². The van der Waals surface area contributed by atoms with Crippen LogP contribution in [0.4, 0.5) is 16.9 Å². The molecule has 0 rings (SSSR count). The molecule has 0 aromatic carbocycles. The molecular weight excluding hydrogens is 1300 g/mol. The summed E-state index contributed by atoms with van der Waals surface area (Å²) in [5.41, 5.74) is 0. The van der Waals surface area contributed by atoms with Gasteiger partial charge in [0.05, 0.1) is 0 Å². The number of allylic oxidation sites excluding steroid dienone is 1. The summed E-state index contributed by atoms with van der Waals surface area (Å²) >= 11 is -39.2. The van der Waals surface area contributed by atoms with Crippen molar-refractivity contribution >= 4 is 121 Å². The van der Waals surface area contributed by atoms with Gasteiger partial charge in [-0.2, -0.15) is 0 Å². The molecular formula is C3H9F6N2O18PdSb6-13. The molecule has 0 saturated carbocycles. The molecule has 0 aromatic rings. The Balaban J connectivity index is -0.0000000546. The fourth-order valence-corrected chi connectivity index (χ4v) is 0.624. The average molecular weight is 1310 g/mol. The van der Waals surface area contributed by atoms with E-state index in [1.165, 1.54) is 0 Å². The van der Waals surface area contributed by atoms with E-state index in [0.29, 0.717) is 0 Å². The van der Waals surface area contributed by atoms with Crippen LogP contribution in [0.25, 0.3) is 0 Å². The van der Waals surface area contributed by atoms with E-state index in [1.807, 2.05) is 0 Å². The zero-order chi connectivity index (χ0) is 32.0. The topological polar surface area (TPSA) is 431 Å². The summed E-state index contributed by atoms with van der Waals surface area (Å²) in [7, 11) is 0. The molecule has 0 spiro atoms. The molecule has 4 N–H and O–H groups in total. The molecule has 234 valence electrons. The third kappa shape index (κ3) is 1290. The number of hydrogen-bond acceptors (Lipinski definition) is 20. The molecule has 0 amide bonds. The second-order valence-electron chi connectivity index (χ2n) is 3.37. The molecule has 0 atom stereocenters. The van der Waals surface area contributed by atoms with E-state index in [9.17, 15) is 16.9 Å². The molecule has 0 heterocycles. The van der Waals surface area contributed by atoms with Crippen molar-refractivity contribution in [3.8, 4) is 0 Å². The monoisotopic (exact) mass is 1310 g/mol. The second-order valence-corrected chi connectivity index (χ2v) is 20.5. The molecule has 0 aliphatic heterocycles. The van der Waals surface area contributed by atoms with Gasteiger partial charge in [-0.05, 0) is 0 Å². The normalized spacial score (nSPS) is 11.6. The van der Waals surface area contributed by atoms with Crippen LogP contribution in [0.5, 0.6) is 0 Å². The molecule has 0 fully saturated rings. The second kappa shape index (κ2) is 27.0. The minimum absolute atomic E-state index is 0.811. The molecule has 0 saturated heterocycles. The van der Waals surface area contributed by atoms with Gasteiger partial charge in [-0.15, -0.1) is 0 Å². The molecule has 0 bridgehead atoms. The Morgan fingerprint density at radius 3 is 0.583 bits per heavy atom. The summed E-state index contributed by atoms with van der Waals surface area (Å²) in [6.07, 6.45) is 1.75. The Labute approximate surface area is 236 Å². The van der Waals surface area contributed by atoms with Crippen LogP contribution in [0, 0.1) is 0 Å². The first-order chi connectivity index (χ1) is 14.8. The van der Waals surface area contributed by atoms with Gasteiger partial charge >= 0.3 is 240 Å². The minimum atomic E-state index is -6.35. The summed E-state index contributed by atoms with van der Waals surface area (Å²) in [6, 6.07) is 0. The SMILES string of the molecule is C=C[CH2][Pd-]([NH2])[NH2].[O]=[Sb]([O-])([O-])[F].[O]=[Sb]([O-])([O-])[F].[O]=[Sb]([O-])([O-])[F].[O]=[Sb]([O-])([O-])[F].[O]=[Sb]([O-])([O-])[F].[O]=[Sb]([O-])([O-])[F]. The van der Waals surface area contributed by atoms with Crippen molar-refractivity contribution in [1.82, 2.24) is 0 Å². The van der Waals surface area contributed by atoms with Gasteiger partial charge < -0.3 is 0 Å². The van der Waals surface area contributed by atoms with Crippen molar-refractivity contribution in [1.29, 1.82) is 0 Å². The summed E-state index contributed by atoms with van der Waals surface area (Å²) in [6.45, 7) is 3.47. The maximum absolute atomic E-state index is 10.2. The van der Waals surface area contributed by atoms with Gasteiger partial charge in [0.2, 0.25) is 0 Å². The van der Waals surface area contributed by atoms with Crippen LogP contribution in [0.3, 0.4) is 0 Å². The summed E-state index contributed by atoms with van der Waals surface area (Å²) in [5, 5.41) is 0. The predicted octanol–water partition coefficient (Wildman–Crippen LogP) is -14.8. The van der Waals surface area contributed by atoms with Crippen molar-refractivity contribution in [2.75, 3.05) is 0 Å². The van der Waals surface area contributed by atoms with E-state index in [0.717, 1.165) is 4.89 Å². The van der Waals surface area contributed by atoms with Crippen LogP contribution >= 0.6 is 0 Å². The summed E-state index contributed by atoms with van der Waals surface area (Å²) in [4.78, 5) is 0.811. The fraction of sp³-hybridized carbons (Fsp3) is 0.333. The standard InChI is InChI=1S/C3H5.6FH.2H2N.18O.Pd.6Sb/c1-3-2;;;;;;;;;;;;;;;;;;;;;;;;;;;;;;;;;/h3H,1-2H2;6*1H;2*1H2;;;;;;;;;;;;;;;;;;;;;;;;;/q;;;;;;;2*-1;;;;;;;12*-1;7*+1/p-6. The van der Waals surface area contributed by atoms with E-state index < -0.39 is 139 Å². The fourth-order valence-electron chi connectivity index (χ4n) is 0.105. The van der Waals surface area contributed by atoms with Crippen molar-refractivity contribution in [3.63, 3.8) is 0 Å². The third-order valence-electron chi connectivity index (χ3n) is 0.240. The quantitative estimate of drug-likeness (QED) is 0.147. The zero-order valence-electron chi connectivity index (χ0n) is 15.8. The Kier molecular flexibility index (Phi) is 41.3. The van der Waals surface area contributed by atoms with E-state index in [-0.39, 0.29) is 0 Å². The maximum atomic E-state index is 10.2. The average Bonchev–Trinajstić information content (AvgIpc) is 2.23. The molecule has 0 unspecified atom stereocenters. The number of halogens is 6. The van der Waals surface area contributed by atoms with Gasteiger partial charge in [-0.3, -0.25) is 0 Å². The van der Waals surface area contributed by atoms with Crippen LogP contribution < -0.4 is 49.4 Å². The predicted molar refractivity (Wildman–Crippen MR) is 68.7 cm³/mol. The van der Waals surface area contributed by atoms with Gasteiger partial charge in [0.25, 0.3) is 0 Å². The number of hydrogen-bond donors (Lipinski definition) is 2. The van der Waals surface area contributed by atoms with E-state index in [4.69, 9.17) is 67.5 Å². The van der Waals surface area contributed by atoms with E-state index >= 15 is 0 Å². The van der Waals surface area contributed by atoms with E-state index in [2.05, 4.69) is 6.58 Å². The van der Waals surface area contributed by atoms with Gasteiger partial charge in [0.15, 0.2) is 0 Å². The number of nitrogens with two attached hydrogens (primary N) is 2.